The van der Waals surface area contributed by atoms with Crippen molar-refractivity contribution in [3.63, 3.8) is 0 Å². The van der Waals surface area contributed by atoms with Gasteiger partial charge >= 0.3 is 0 Å². The highest BCUT2D eigenvalue weighted by molar-refractivity contribution is 5.66. The summed E-state index contributed by atoms with van der Waals surface area (Å²) in [6, 6.07) is 9.68. The number of hydrogen-bond acceptors (Lipinski definition) is 8. The first-order valence-corrected chi connectivity index (χ1v) is 7.92. The number of nitrogens with zero attached hydrogens (tertiary/aromatic N) is 3. The Kier molecular flexibility index (Phi) is 5.50. The maximum atomic E-state index is 13.8. The van der Waals surface area contributed by atoms with Crippen LogP contribution in [0.4, 0.5) is 27.7 Å². The van der Waals surface area contributed by atoms with Gasteiger partial charge in [0.1, 0.15) is 12.1 Å². The van der Waals surface area contributed by atoms with Gasteiger partial charge in [-0.1, -0.05) is 12.1 Å². The van der Waals surface area contributed by atoms with Gasteiger partial charge < -0.3 is 24.8 Å². The number of hydrogen-bond donors (Lipinski definition) is 2. The molecular weight excluding hydrogens is 353 g/mol. The monoisotopic (exact) mass is 371 g/mol. The van der Waals surface area contributed by atoms with E-state index in [0.717, 1.165) is 0 Å². The molecule has 8 nitrogen and oxygen atoms in total. The van der Waals surface area contributed by atoms with Crippen LogP contribution >= 0.6 is 0 Å². The number of benzene rings is 2. The quantitative estimate of drug-likeness (QED) is 0.652. The van der Waals surface area contributed by atoms with Crippen LogP contribution in [0.2, 0.25) is 0 Å². The molecule has 0 aliphatic heterocycles. The average molecular weight is 371 g/mol. The molecule has 27 heavy (non-hydrogen) atoms. The molecule has 0 saturated carbocycles. The summed E-state index contributed by atoms with van der Waals surface area (Å²) in [7, 11) is 4.58. The maximum Gasteiger partial charge on any atom is 0.232 e. The van der Waals surface area contributed by atoms with Gasteiger partial charge in [0, 0.05) is 17.8 Å². The minimum Gasteiger partial charge on any atom is -0.493 e. The Morgan fingerprint density at radius 2 is 1.48 bits per heavy atom. The van der Waals surface area contributed by atoms with Gasteiger partial charge in [-0.15, -0.1) is 0 Å². The van der Waals surface area contributed by atoms with Gasteiger partial charge in [0.05, 0.1) is 27.0 Å². The number of nitrogens with one attached hydrogen (secondary N) is 2. The highest BCUT2D eigenvalue weighted by Crippen LogP contribution is 2.40. The molecule has 9 heteroatoms. The van der Waals surface area contributed by atoms with E-state index in [9.17, 15) is 4.39 Å². The molecule has 0 atom stereocenters. The third kappa shape index (κ3) is 4.14. The summed E-state index contributed by atoms with van der Waals surface area (Å²) in [6.07, 6.45) is 1.32. The van der Waals surface area contributed by atoms with E-state index in [4.69, 9.17) is 14.2 Å². The Balaban J connectivity index is 1.85. The van der Waals surface area contributed by atoms with Crippen molar-refractivity contribution in [1.82, 2.24) is 15.0 Å². The van der Waals surface area contributed by atoms with Crippen molar-refractivity contribution in [1.29, 1.82) is 0 Å². The molecule has 0 saturated heterocycles. The molecule has 0 amide bonds. The topological polar surface area (TPSA) is 90.4 Å². The predicted octanol–water partition coefficient (Wildman–Crippen LogP) is 3.52. The fourth-order valence-electron chi connectivity index (χ4n) is 2.38. The molecule has 0 aliphatic rings. The first-order chi connectivity index (χ1) is 13.1. The second-order valence-corrected chi connectivity index (χ2v) is 5.28. The Morgan fingerprint density at radius 3 is 2.07 bits per heavy atom. The predicted molar refractivity (Wildman–Crippen MR) is 98.9 cm³/mol. The smallest absolute Gasteiger partial charge is 0.232 e. The third-order valence-corrected chi connectivity index (χ3v) is 3.61. The average Bonchev–Trinajstić information content (AvgIpc) is 2.69. The number of ether oxygens (including phenoxy) is 3. The minimum absolute atomic E-state index is 0.199. The largest absolute Gasteiger partial charge is 0.493 e. The van der Waals surface area contributed by atoms with Crippen LogP contribution < -0.4 is 24.8 Å². The van der Waals surface area contributed by atoms with Crippen LogP contribution in [0.25, 0.3) is 0 Å². The van der Waals surface area contributed by atoms with Crippen LogP contribution in [0.3, 0.4) is 0 Å². The van der Waals surface area contributed by atoms with Gasteiger partial charge in [-0.2, -0.15) is 4.98 Å². The maximum absolute atomic E-state index is 13.8. The van der Waals surface area contributed by atoms with Crippen molar-refractivity contribution in [2.24, 2.45) is 0 Å². The zero-order valence-corrected chi connectivity index (χ0v) is 15.0. The summed E-state index contributed by atoms with van der Waals surface area (Å²) >= 11 is 0. The van der Waals surface area contributed by atoms with Crippen molar-refractivity contribution in [3.8, 4) is 17.2 Å². The number of halogens is 1. The number of rotatable bonds is 7. The van der Waals surface area contributed by atoms with E-state index < -0.39 is 5.82 Å². The van der Waals surface area contributed by atoms with Crippen molar-refractivity contribution < 1.29 is 18.6 Å². The fraction of sp³-hybridized carbons (Fsp3) is 0.167. The second-order valence-electron chi connectivity index (χ2n) is 5.28. The molecule has 2 aromatic carbocycles. The van der Waals surface area contributed by atoms with E-state index in [2.05, 4.69) is 25.6 Å². The lowest BCUT2D eigenvalue weighted by Gasteiger charge is -2.14. The van der Waals surface area contributed by atoms with Crippen LogP contribution in [-0.4, -0.2) is 36.3 Å². The lowest BCUT2D eigenvalue weighted by atomic mass is 10.2. The highest BCUT2D eigenvalue weighted by Gasteiger charge is 2.14. The van der Waals surface area contributed by atoms with Crippen molar-refractivity contribution >= 4 is 23.3 Å². The molecule has 0 unspecified atom stereocenters. The first kappa shape index (κ1) is 18.2. The molecule has 0 aliphatic carbocycles. The second kappa shape index (κ2) is 8.17. The molecule has 1 aromatic heterocycles. The van der Waals surface area contributed by atoms with E-state index in [0.29, 0.717) is 22.9 Å². The molecule has 2 N–H and O–H groups in total. The van der Waals surface area contributed by atoms with Gasteiger partial charge in [0.25, 0.3) is 0 Å². The summed E-state index contributed by atoms with van der Waals surface area (Å²) < 4.78 is 29.7. The molecular formula is C18H18FN5O3. The molecule has 0 fully saturated rings. The number of anilines is 4. The Hall–Kier alpha value is -3.62. The van der Waals surface area contributed by atoms with Crippen LogP contribution in [0.15, 0.2) is 42.7 Å². The lowest BCUT2D eigenvalue weighted by Crippen LogP contribution is -2.04. The summed E-state index contributed by atoms with van der Waals surface area (Å²) in [5.41, 5.74) is 0.884. The summed E-state index contributed by atoms with van der Waals surface area (Å²) in [4.78, 5) is 12.3. The number of aromatic nitrogens is 3. The fourth-order valence-corrected chi connectivity index (χ4v) is 2.38. The van der Waals surface area contributed by atoms with Crippen LogP contribution in [0.1, 0.15) is 0 Å². The van der Waals surface area contributed by atoms with Crippen LogP contribution in [0, 0.1) is 5.82 Å². The lowest BCUT2D eigenvalue weighted by molar-refractivity contribution is 0.324. The normalized spacial score (nSPS) is 10.2. The summed E-state index contributed by atoms with van der Waals surface area (Å²) in [5.74, 6) is 1.50. The van der Waals surface area contributed by atoms with E-state index in [1.165, 1.54) is 33.7 Å². The molecule has 0 radical (unpaired) electrons. The molecule has 0 bridgehead atoms. The van der Waals surface area contributed by atoms with Gasteiger partial charge in [-0.05, 0) is 12.1 Å². The first-order valence-electron chi connectivity index (χ1n) is 7.92. The van der Waals surface area contributed by atoms with E-state index >= 15 is 0 Å². The molecule has 1 heterocycles. The van der Waals surface area contributed by atoms with Gasteiger partial charge in [0.2, 0.25) is 17.6 Å². The zero-order chi connectivity index (χ0) is 19.2. The Morgan fingerprint density at radius 1 is 0.852 bits per heavy atom. The van der Waals surface area contributed by atoms with Crippen molar-refractivity contribution in [3.05, 3.63) is 48.5 Å². The summed E-state index contributed by atoms with van der Waals surface area (Å²) in [5, 5.41) is 5.85. The molecule has 140 valence electrons. The van der Waals surface area contributed by atoms with E-state index in [-0.39, 0.29) is 17.6 Å². The summed E-state index contributed by atoms with van der Waals surface area (Å²) in [6.45, 7) is 0. The van der Waals surface area contributed by atoms with Crippen molar-refractivity contribution in [2.75, 3.05) is 32.0 Å². The van der Waals surface area contributed by atoms with E-state index in [1.54, 1.807) is 30.3 Å². The number of para-hydroxylation sites is 1. The van der Waals surface area contributed by atoms with Crippen LogP contribution in [0.5, 0.6) is 17.2 Å². The standard InChI is InChI=1S/C18H18FN5O3/c1-25-14-8-11(9-15(26-2)16(14)27-3)22-17-20-10-21-18(24-17)23-13-7-5-4-6-12(13)19/h4-10H,1-3H3,(H2,20,21,22,23,24). The SMILES string of the molecule is COc1cc(Nc2ncnc(Nc3ccccc3F)n2)cc(OC)c1OC. The molecule has 3 aromatic rings. The third-order valence-electron chi connectivity index (χ3n) is 3.61. The molecule has 3 rings (SSSR count). The minimum atomic E-state index is -0.406. The Bertz CT molecular complexity index is 913. The van der Waals surface area contributed by atoms with Gasteiger partial charge in [-0.3, -0.25) is 0 Å². The molecule has 0 spiro atoms. The van der Waals surface area contributed by atoms with Crippen molar-refractivity contribution in [2.45, 2.75) is 0 Å². The van der Waals surface area contributed by atoms with Gasteiger partial charge in [0.15, 0.2) is 11.5 Å². The highest BCUT2D eigenvalue weighted by atomic mass is 19.1. The van der Waals surface area contributed by atoms with E-state index in [1.807, 2.05) is 0 Å². The Labute approximate surface area is 155 Å². The number of methoxy groups -OCH3 is 3. The zero-order valence-electron chi connectivity index (χ0n) is 15.0. The van der Waals surface area contributed by atoms with Crippen LogP contribution in [-0.2, 0) is 0 Å². The van der Waals surface area contributed by atoms with Gasteiger partial charge in [-0.25, -0.2) is 14.4 Å².